The summed E-state index contributed by atoms with van der Waals surface area (Å²) in [6.07, 6.45) is 6.24. The van der Waals surface area contributed by atoms with Crippen molar-refractivity contribution in [1.82, 2.24) is 20.3 Å². The molecular weight excluding hydrogens is 418 g/mol. The number of nitrogens with zero attached hydrogens (tertiary/aromatic N) is 2. The molecule has 4 aromatic rings. The van der Waals surface area contributed by atoms with Crippen LogP contribution in [0.3, 0.4) is 0 Å². The van der Waals surface area contributed by atoms with Crippen LogP contribution in [-0.4, -0.2) is 39.8 Å². The fourth-order valence-electron chi connectivity index (χ4n) is 3.26. The van der Waals surface area contributed by atoms with E-state index in [2.05, 4.69) is 20.3 Å². The third-order valence-corrected chi connectivity index (χ3v) is 4.79. The number of hydrogen-bond acceptors (Lipinski definition) is 5. The van der Waals surface area contributed by atoms with E-state index in [0.717, 1.165) is 17.7 Å². The number of rotatable bonds is 7. The number of ether oxygens (including phenoxy) is 1. The molecule has 0 saturated carbocycles. The van der Waals surface area contributed by atoms with Gasteiger partial charge in [0.15, 0.2) is 18.2 Å². The number of hydrogen-bond donors (Lipinski definition) is 2. The van der Waals surface area contributed by atoms with Gasteiger partial charge in [0.05, 0.1) is 5.56 Å². The number of H-pyrrole nitrogens is 1. The summed E-state index contributed by atoms with van der Waals surface area (Å²) in [5.74, 6) is -3.95. The molecule has 3 heterocycles. The molecule has 9 heteroatoms. The Kier molecular flexibility index (Phi) is 5.89. The molecule has 0 unspecified atom stereocenters. The van der Waals surface area contributed by atoms with E-state index in [-0.39, 0.29) is 5.56 Å². The summed E-state index contributed by atoms with van der Waals surface area (Å²) in [5, 5.41) is 2.91. The van der Waals surface area contributed by atoms with Crippen molar-refractivity contribution in [2.75, 3.05) is 13.2 Å². The molecular formula is C23H18F2N4O3. The molecule has 0 spiro atoms. The topological polar surface area (TPSA) is 97.0 Å². The van der Waals surface area contributed by atoms with Crippen LogP contribution in [0.15, 0.2) is 55.1 Å². The van der Waals surface area contributed by atoms with Gasteiger partial charge in [0.2, 0.25) is 5.78 Å². The first-order valence-corrected chi connectivity index (χ1v) is 9.79. The van der Waals surface area contributed by atoms with Gasteiger partial charge in [-0.25, -0.2) is 13.8 Å². The summed E-state index contributed by atoms with van der Waals surface area (Å²) in [4.78, 5) is 35.9. The highest BCUT2D eigenvalue weighted by Crippen LogP contribution is 2.29. The van der Waals surface area contributed by atoms with Crippen molar-refractivity contribution in [2.45, 2.75) is 6.92 Å². The van der Waals surface area contributed by atoms with Crippen LogP contribution < -0.4 is 10.1 Å². The third-order valence-electron chi connectivity index (χ3n) is 4.79. The van der Waals surface area contributed by atoms with E-state index in [4.69, 9.17) is 4.74 Å². The SMILES string of the molecule is CCNC(=O)COc1ccc(F)c(C(=O)c2c[nH]c3ncc(-c4cccnc4)cc23)c1F. The maximum Gasteiger partial charge on any atom is 0.257 e. The number of benzene rings is 1. The second-order valence-electron chi connectivity index (χ2n) is 6.87. The van der Waals surface area contributed by atoms with Gasteiger partial charge in [-0.2, -0.15) is 0 Å². The number of halogens is 2. The smallest absolute Gasteiger partial charge is 0.257 e. The van der Waals surface area contributed by atoms with Gasteiger partial charge in [-0.05, 0) is 31.2 Å². The Balaban J connectivity index is 1.71. The molecule has 2 N–H and O–H groups in total. The number of ketones is 1. The molecule has 3 aromatic heterocycles. The summed E-state index contributed by atoms with van der Waals surface area (Å²) in [6.45, 7) is 1.64. The normalized spacial score (nSPS) is 10.8. The van der Waals surface area contributed by atoms with E-state index in [9.17, 15) is 14.0 Å². The lowest BCUT2D eigenvalue weighted by Crippen LogP contribution is -2.28. The zero-order valence-electron chi connectivity index (χ0n) is 17.0. The summed E-state index contributed by atoms with van der Waals surface area (Å²) < 4.78 is 34.7. The number of carbonyl (C=O) groups excluding carboxylic acids is 2. The summed E-state index contributed by atoms with van der Waals surface area (Å²) in [5.41, 5.74) is 1.15. The van der Waals surface area contributed by atoms with Gasteiger partial charge in [-0.1, -0.05) is 6.07 Å². The quantitative estimate of drug-likeness (QED) is 0.431. The third kappa shape index (κ3) is 4.04. The van der Waals surface area contributed by atoms with Gasteiger partial charge in [-0.3, -0.25) is 14.6 Å². The Morgan fingerprint density at radius 3 is 2.75 bits per heavy atom. The highest BCUT2D eigenvalue weighted by Gasteiger charge is 2.25. The van der Waals surface area contributed by atoms with Crippen molar-refractivity contribution in [3.63, 3.8) is 0 Å². The van der Waals surface area contributed by atoms with Crippen LogP contribution in [-0.2, 0) is 4.79 Å². The Morgan fingerprint density at radius 2 is 2.00 bits per heavy atom. The van der Waals surface area contributed by atoms with E-state index < -0.39 is 41.2 Å². The second-order valence-corrected chi connectivity index (χ2v) is 6.87. The van der Waals surface area contributed by atoms with Gasteiger partial charge in [0, 0.05) is 53.4 Å². The molecule has 0 saturated heterocycles. The van der Waals surface area contributed by atoms with Gasteiger partial charge in [-0.15, -0.1) is 0 Å². The number of nitrogens with one attached hydrogen (secondary N) is 2. The minimum Gasteiger partial charge on any atom is -0.481 e. The molecule has 1 amide bonds. The number of carbonyl (C=O) groups is 2. The van der Waals surface area contributed by atoms with Gasteiger partial charge in [0.1, 0.15) is 11.5 Å². The molecule has 0 fully saturated rings. The Labute approximate surface area is 181 Å². The summed E-state index contributed by atoms with van der Waals surface area (Å²) in [7, 11) is 0. The van der Waals surface area contributed by atoms with E-state index in [1.54, 1.807) is 37.6 Å². The maximum atomic E-state index is 15.0. The lowest BCUT2D eigenvalue weighted by atomic mass is 10.0. The average Bonchev–Trinajstić information content (AvgIpc) is 3.22. The van der Waals surface area contributed by atoms with E-state index in [0.29, 0.717) is 23.1 Å². The molecule has 0 atom stereocenters. The molecule has 7 nitrogen and oxygen atoms in total. The number of pyridine rings is 2. The largest absolute Gasteiger partial charge is 0.481 e. The number of aromatic nitrogens is 3. The van der Waals surface area contributed by atoms with Crippen LogP contribution in [0.25, 0.3) is 22.2 Å². The number of likely N-dealkylation sites (N-methyl/N-ethyl adjacent to an activating group) is 1. The number of fused-ring (bicyclic) bond motifs is 1. The Morgan fingerprint density at radius 1 is 1.16 bits per heavy atom. The van der Waals surface area contributed by atoms with Crippen molar-refractivity contribution in [3.05, 3.63) is 77.9 Å². The Hall–Kier alpha value is -4.14. The minimum absolute atomic E-state index is 0.0527. The fourth-order valence-corrected chi connectivity index (χ4v) is 3.26. The number of aromatic amines is 1. The molecule has 1 aromatic carbocycles. The first kappa shape index (κ1) is 21.1. The van der Waals surface area contributed by atoms with Crippen molar-refractivity contribution in [1.29, 1.82) is 0 Å². The van der Waals surface area contributed by atoms with Crippen LogP contribution in [0.5, 0.6) is 5.75 Å². The predicted molar refractivity (Wildman–Crippen MR) is 113 cm³/mol. The monoisotopic (exact) mass is 436 g/mol. The molecule has 0 aliphatic rings. The molecule has 0 radical (unpaired) electrons. The fraction of sp³-hybridized carbons (Fsp3) is 0.130. The maximum absolute atomic E-state index is 15.0. The lowest BCUT2D eigenvalue weighted by Gasteiger charge is -2.10. The van der Waals surface area contributed by atoms with Crippen LogP contribution in [0.2, 0.25) is 0 Å². The molecule has 0 bridgehead atoms. The van der Waals surface area contributed by atoms with Crippen molar-refractivity contribution in [2.24, 2.45) is 0 Å². The van der Waals surface area contributed by atoms with Gasteiger partial charge >= 0.3 is 0 Å². The first-order chi connectivity index (χ1) is 15.5. The van der Waals surface area contributed by atoms with Crippen molar-refractivity contribution >= 4 is 22.7 Å². The average molecular weight is 436 g/mol. The van der Waals surface area contributed by atoms with Crippen LogP contribution in [0, 0.1) is 11.6 Å². The molecule has 4 rings (SSSR count). The number of amides is 1. The van der Waals surface area contributed by atoms with Crippen molar-refractivity contribution in [3.8, 4) is 16.9 Å². The highest BCUT2D eigenvalue weighted by molar-refractivity contribution is 6.16. The summed E-state index contributed by atoms with van der Waals surface area (Å²) in [6, 6.07) is 7.27. The van der Waals surface area contributed by atoms with E-state index >= 15 is 4.39 Å². The first-order valence-electron chi connectivity index (χ1n) is 9.79. The second kappa shape index (κ2) is 8.93. The van der Waals surface area contributed by atoms with Crippen molar-refractivity contribution < 1.29 is 23.1 Å². The standard InChI is InChI=1S/C23H18F2N4O3/c1-2-27-19(30)12-32-18-6-5-17(24)20(21(18)25)22(31)16-11-29-23-15(16)8-14(10-28-23)13-4-3-7-26-9-13/h3-11H,2,12H2,1H3,(H,27,30)(H,28,29). The molecule has 162 valence electrons. The van der Waals surface area contributed by atoms with Crippen LogP contribution in [0.4, 0.5) is 8.78 Å². The molecule has 32 heavy (non-hydrogen) atoms. The zero-order chi connectivity index (χ0) is 22.7. The Bertz CT molecular complexity index is 1310. The summed E-state index contributed by atoms with van der Waals surface area (Å²) >= 11 is 0. The predicted octanol–water partition coefficient (Wildman–Crippen LogP) is 3.65. The van der Waals surface area contributed by atoms with E-state index in [1.807, 2.05) is 6.07 Å². The van der Waals surface area contributed by atoms with Crippen LogP contribution in [0.1, 0.15) is 22.8 Å². The molecule has 0 aliphatic heterocycles. The minimum atomic E-state index is -1.18. The van der Waals surface area contributed by atoms with E-state index in [1.165, 1.54) is 6.20 Å². The van der Waals surface area contributed by atoms with Gasteiger partial charge in [0.25, 0.3) is 5.91 Å². The lowest BCUT2D eigenvalue weighted by molar-refractivity contribution is -0.123. The zero-order valence-corrected chi connectivity index (χ0v) is 17.0. The highest BCUT2D eigenvalue weighted by atomic mass is 19.1. The molecule has 0 aliphatic carbocycles. The van der Waals surface area contributed by atoms with Gasteiger partial charge < -0.3 is 15.0 Å². The van der Waals surface area contributed by atoms with Crippen LogP contribution >= 0.6 is 0 Å².